The molecule has 0 spiro atoms. The predicted octanol–water partition coefficient (Wildman–Crippen LogP) is 2.85. The first-order valence-corrected chi connectivity index (χ1v) is 6.42. The number of thiazole rings is 1. The van der Waals surface area contributed by atoms with Crippen molar-refractivity contribution in [1.82, 2.24) is 9.97 Å². The molecule has 0 aliphatic rings. The van der Waals surface area contributed by atoms with Gasteiger partial charge in [0, 0.05) is 30.6 Å². The molecule has 3 nitrogen and oxygen atoms in total. The van der Waals surface area contributed by atoms with Gasteiger partial charge in [-0.15, -0.1) is 11.3 Å². The highest BCUT2D eigenvalue weighted by molar-refractivity contribution is 7.09. The van der Waals surface area contributed by atoms with E-state index in [0.717, 1.165) is 16.3 Å². The van der Waals surface area contributed by atoms with Crippen molar-refractivity contribution in [2.75, 3.05) is 0 Å². The maximum Gasteiger partial charge on any atom is 0.143 e. The van der Waals surface area contributed by atoms with Gasteiger partial charge in [0.15, 0.2) is 0 Å². The molecule has 0 fully saturated rings. The summed E-state index contributed by atoms with van der Waals surface area (Å²) in [5.74, 6) is 0.114. The van der Waals surface area contributed by atoms with Crippen molar-refractivity contribution < 1.29 is 4.79 Å². The zero-order valence-corrected chi connectivity index (χ0v) is 10.9. The van der Waals surface area contributed by atoms with Crippen LogP contribution in [0.15, 0.2) is 23.8 Å². The van der Waals surface area contributed by atoms with Gasteiger partial charge in [0.25, 0.3) is 0 Å². The second-order valence-electron chi connectivity index (χ2n) is 3.72. The summed E-state index contributed by atoms with van der Waals surface area (Å²) in [4.78, 5) is 20.0. The number of Topliss-reactive ketones (excluding diaryl/α,β-unsaturated/α-hetero) is 1. The number of aryl methyl sites for hydroxylation is 1. The van der Waals surface area contributed by atoms with Gasteiger partial charge in [-0.05, 0) is 18.6 Å². The first kappa shape index (κ1) is 12.2. The van der Waals surface area contributed by atoms with Crippen LogP contribution >= 0.6 is 22.9 Å². The lowest BCUT2D eigenvalue weighted by Crippen LogP contribution is -2.07. The van der Waals surface area contributed by atoms with Crippen LogP contribution < -0.4 is 0 Å². The maximum absolute atomic E-state index is 11.8. The van der Waals surface area contributed by atoms with Crippen LogP contribution in [0.5, 0.6) is 0 Å². The molecule has 0 radical (unpaired) electrons. The Hall–Kier alpha value is -1.26. The summed E-state index contributed by atoms with van der Waals surface area (Å²) in [6.45, 7) is 1.93. The number of carbonyl (C=O) groups is 1. The van der Waals surface area contributed by atoms with E-state index in [-0.39, 0.29) is 5.78 Å². The second-order valence-corrected chi connectivity index (χ2v) is 5.19. The predicted molar refractivity (Wildman–Crippen MR) is 68.5 cm³/mol. The van der Waals surface area contributed by atoms with E-state index in [4.69, 9.17) is 11.6 Å². The molecule has 0 bridgehead atoms. The van der Waals surface area contributed by atoms with Crippen molar-refractivity contribution in [3.05, 3.63) is 45.1 Å². The van der Waals surface area contributed by atoms with Crippen LogP contribution in [0, 0.1) is 6.92 Å². The van der Waals surface area contributed by atoms with Crippen LogP contribution in [0.1, 0.15) is 16.3 Å². The van der Waals surface area contributed by atoms with E-state index in [1.165, 1.54) is 0 Å². The Morgan fingerprint density at radius 2 is 2.29 bits per heavy atom. The number of pyridine rings is 1. The minimum atomic E-state index is 0.114. The highest BCUT2D eigenvalue weighted by atomic mass is 35.5. The fraction of sp³-hybridized carbons (Fsp3) is 0.250. The summed E-state index contributed by atoms with van der Waals surface area (Å²) in [6.07, 6.45) is 3.89. The van der Waals surface area contributed by atoms with Gasteiger partial charge in [0.1, 0.15) is 5.78 Å². The number of hydrogen-bond acceptors (Lipinski definition) is 4. The maximum atomic E-state index is 11.8. The molecule has 88 valence electrons. The lowest BCUT2D eigenvalue weighted by atomic mass is 10.1. The summed E-state index contributed by atoms with van der Waals surface area (Å²) < 4.78 is 0. The number of carbonyl (C=O) groups excluding carboxylic acids is 1. The molecule has 5 heteroatoms. The summed E-state index contributed by atoms with van der Waals surface area (Å²) in [7, 11) is 0. The molecule has 2 rings (SSSR count). The minimum absolute atomic E-state index is 0.114. The number of aromatic nitrogens is 2. The molecule has 2 heterocycles. The first-order valence-electron chi connectivity index (χ1n) is 5.16. The van der Waals surface area contributed by atoms with Crippen LogP contribution in [-0.4, -0.2) is 15.8 Å². The molecule has 0 aliphatic heterocycles. The largest absolute Gasteiger partial charge is 0.299 e. The van der Waals surface area contributed by atoms with Crippen molar-refractivity contribution in [2.45, 2.75) is 19.8 Å². The molecule has 0 N–H and O–H groups in total. The van der Waals surface area contributed by atoms with Crippen molar-refractivity contribution in [3.8, 4) is 0 Å². The van der Waals surface area contributed by atoms with Crippen LogP contribution in [0.2, 0.25) is 5.02 Å². The number of halogens is 1. The van der Waals surface area contributed by atoms with E-state index in [9.17, 15) is 4.79 Å². The van der Waals surface area contributed by atoms with Crippen LogP contribution in [-0.2, 0) is 17.6 Å². The average Bonchev–Trinajstić information content (AvgIpc) is 2.67. The molecular formula is C12H11ClN2OS. The number of ketones is 1. The molecule has 0 saturated heterocycles. The van der Waals surface area contributed by atoms with Gasteiger partial charge in [-0.1, -0.05) is 11.6 Å². The third-order valence-corrected chi connectivity index (χ3v) is 3.45. The number of nitrogens with zero attached hydrogens (tertiary/aromatic N) is 2. The van der Waals surface area contributed by atoms with Crippen molar-refractivity contribution in [2.24, 2.45) is 0 Å². The SMILES string of the molecule is Cc1nc(CC(=O)Cc2ccncc2Cl)cs1. The number of hydrogen-bond donors (Lipinski definition) is 0. The summed E-state index contributed by atoms with van der Waals surface area (Å²) in [6, 6.07) is 1.77. The van der Waals surface area contributed by atoms with E-state index in [1.807, 2.05) is 12.3 Å². The van der Waals surface area contributed by atoms with E-state index in [1.54, 1.807) is 29.8 Å². The molecule has 0 saturated carbocycles. The fourth-order valence-electron chi connectivity index (χ4n) is 1.51. The third-order valence-electron chi connectivity index (χ3n) is 2.29. The van der Waals surface area contributed by atoms with E-state index < -0.39 is 0 Å². The summed E-state index contributed by atoms with van der Waals surface area (Å²) in [5.41, 5.74) is 1.65. The van der Waals surface area contributed by atoms with Gasteiger partial charge in [-0.3, -0.25) is 9.78 Å². The molecule has 0 aromatic carbocycles. The van der Waals surface area contributed by atoms with E-state index in [2.05, 4.69) is 9.97 Å². The van der Waals surface area contributed by atoms with Crippen LogP contribution in [0.25, 0.3) is 0 Å². The Balaban J connectivity index is 2.01. The number of rotatable bonds is 4. The van der Waals surface area contributed by atoms with Gasteiger partial charge in [-0.2, -0.15) is 0 Å². The molecule has 0 amide bonds. The lowest BCUT2D eigenvalue weighted by molar-refractivity contribution is -0.117. The fourth-order valence-corrected chi connectivity index (χ4v) is 2.31. The minimum Gasteiger partial charge on any atom is -0.299 e. The van der Waals surface area contributed by atoms with Gasteiger partial charge < -0.3 is 0 Å². The zero-order valence-electron chi connectivity index (χ0n) is 9.31. The smallest absolute Gasteiger partial charge is 0.143 e. The monoisotopic (exact) mass is 266 g/mol. The lowest BCUT2D eigenvalue weighted by Gasteiger charge is -2.01. The highest BCUT2D eigenvalue weighted by Crippen LogP contribution is 2.15. The normalized spacial score (nSPS) is 10.5. The van der Waals surface area contributed by atoms with Crippen molar-refractivity contribution in [1.29, 1.82) is 0 Å². The molecule has 0 aliphatic carbocycles. The Kier molecular flexibility index (Phi) is 3.86. The Morgan fingerprint density at radius 3 is 2.94 bits per heavy atom. The van der Waals surface area contributed by atoms with Gasteiger partial charge in [0.05, 0.1) is 15.7 Å². The van der Waals surface area contributed by atoms with Crippen molar-refractivity contribution in [3.63, 3.8) is 0 Å². The quantitative estimate of drug-likeness (QED) is 0.855. The van der Waals surface area contributed by atoms with Gasteiger partial charge in [0.2, 0.25) is 0 Å². The Morgan fingerprint density at radius 1 is 1.47 bits per heavy atom. The first-order chi connectivity index (χ1) is 8.15. The Labute approximate surface area is 108 Å². The summed E-state index contributed by atoms with van der Waals surface area (Å²) >= 11 is 7.50. The summed E-state index contributed by atoms with van der Waals surface area (Å²) in [5, 5.41) is 3.44. The highest BCUT2D eigenvalue weighted by Gasteiger charge is 2.09. The Bertz CT molecular complexity index is 539. The zero-order chi connectivity index (χ0) is 12.3. The molecule has 17 heavy (non-hydrogen) atoms. The molecule has 2 aromatic rings. The van der Waals surface area contributed by atoms with E-state index in [0.29, 0.717) is 17.9 Å². The molecular weight excluding hydrogens is 256 g/mol. The van der Waals surface area contributed by atoms with Gasteiger partial charge in [-0.25, -0.2) is 4.98 Å². The third kappa shape index (κ3) is 3.35. The topological polar surface area (TPSA) is 42.9 Å². The molecule has 0 atom stereocenters. The molecule has 2 aromatic heterocycles. The van der Waals surface area contributed by atoms with Crippen molar-refractivity contribution >= 4 is 28.7 Å². The van der Waals surface area contributed by atoms with Crippen LogP contribution in [0.3, 0.4) is 0 Å². The standard InChI is InChI=1S/C12H11ClN2OS/c1-8-15-10(7-17-8)5-11(16)4-9-2-3-14-6-12(9)13/h2-3,6-7H,4-5H2,1H3. The van der Waals surface area contributed by atoms with Gasteiger partial charge >= 0.3 is 0 Å². The van der Waals surface area contributed by atoms with E-state index >= 15 is 0 Å². The second kappa shape index (κ2) is 5.38. The average molecular weight is 267 g/mol. The van der Waals surface area contributed by atoms with Crippen LogP contribution in [0.4, 0.5) is 0 Å². The molecule has 0 unspecified atom stereocenters.